The summed E-state index contributed by atoms with van der Waals surface area (Å²) in [6.45, 7) is 4.08. The van der Waals surface area contributed by atoms with E-state index in [9.17, 15) is 13.6 Å². The number of amides is 1. The number of rotatable bonds is 3. The second-order valence-electron chi connectivity index (χ2n) is 8.89. The zero-order chi connectivity index (χ0) is 20.7. The Bertz CT molecular complexity index is 922. The van der Waals surface area contributed by atoms with E-state index in [1.807, 2.05) is 24.3 Å². The maximum atomic E-state index is 14.0. The van der Waals surface area contributed by atoms with Crippen LogP contribution >= 0.6 is 0 Å². The normalized spacial score (nSPS) is 27.6. The molecule has 0 spiro atoms. The minimum absolute atomic E-state index is 0.0819. The van der Waals surface area contributed by atoms with Gasteiger partial charge >= 0.3 is 6.09 Å². The van der Waals surface area contributed by atoms with E-state index in [4.69, 9.17) is 4.74 Å². The molecule has 4 heterocycles. The van der Waals surface area contributed by atoms with Crippen molar-refractivity contribution in [3.8, 4) is 0 Å². The molecule has 4 aliphatic rings. The molecule has 1 atom stereocenters. The fraction of sp³-hybridized carbons (Fsp3) is 0.458. The molecule has 1 amide bonds. The number of carbonyl (C=O) groups is 1. The molecule has 2 aromatic rings. The highest BCUT2D eigenvalue weighted by atomic mass is 19.1. The van der Waals surface area contributed by atoms with Crippen LogP contribution in [0.2, 0.25) is 0 Å². The van der Waals surface area contributed by atoms with Crippen LogP contribution in [0.5, 0.6) is 0 Å². The first-order chi connectivity index (χ1) is 14.5. The van der Waals surface area contributed by atoms with E-state index in [2.05, 4.69) is 4.90 Å². The SMILES string of the molecule is O=C(OCC12CCN(CC1)CC2)N1CCc2ccccc2[C@@H]1c1cc(F)cc(F)c1. The van der Waals surface area contributed by atoms with Crippen LogP contribution in [-0.2, 0) is 11.2 Å². The lowest BCUT2D eigenvalue weighted by atomic mass is 9.73. The van der Waals surface area contributed by atoms with Gasteiger partial charge in [0.1, 0.15) is 11.6 Å². The number of hydrogen-bond acceptors (Lipinski definition) is 3. The van der Waals surface area contributed by atoms with Gasteiger partial charge in [-0.15, -0.1) is 0 Å². The van der Waals surface area contributed by atoms with Gasteiger partial charge in [0.25, 0.3) is 0 Å². The Kier molecular flexibility index (Phi) is 4.97. The molecule has 4 aliphatic heterocycles. The predicted octanol–water partition coefficient (Wildman–Crippen LogP) is 4.53. The smallest absolute Gasteiger partial charge is 0.410 e. The van der Waals surface area contributed by atoms with Gasteiger partial charge in [-0.1, -0.05) is 24.3 Å². The predicted molar refractivity (Wildman–Crippen MR) is 109 cm³/mol. The summed E-state index contributed by atoms with van der Waals surface area (Å²) < 4.78 is 33.8. The first-order valence-corrected chi connectivity index (χ1v) is 10.7. The van der Waals surface area contributed by atoms with E-state index >= 15 is 0 Å². The average Bonchev–Trinajstić information content (AvgIpc) is 2.77. The van der Waals surface area contributed by atoms with Crippen molar-refractivity contribution in [3.63, 3.8) is 0 Å². The summed E-state index contributed by atoms with van der Waals surface area (Å²) in [4.78, 5) is 17.3. The summed E-state index contributed by atoms with van der Waals surface area (Å²) in [5.41, 5.74) is 2.50. The lowest BCUT2D eigenvalue weighted by Gasteiger charge is -2.48. The summed E-state index contributed by atoms with van der Waals surface area (Å²) in [5, 5.41) is 0. The highest BCUT2D eigenvalue weighted by Crippen LogP contribution is 2.41. The summed E-state index contributed by atoms with van der Waals surface area (Å²) in [6.07, 6.45) is 3.46. The first kappa shape index (κ1) is 19.5. The number of halogens is 2. The topological polar surface area (TPSA) is 32.8 Å². The van der Waals surface area contributed by atoms with Gasteiger partial charge in [0.15, 0.2) is 0 Å². The molecule has 0 saturated carbocycles. The minimum Gasteiger partial charge on any atom is -0.449 e. The molecular formula is C24H26F2N2O2. The first-order valence-electron chi connectivity index (χ1n) is 10.7. The molecule has 0 N–H and O–H groups in total. The van der Waals surface area contributed by atoms with Gasteiger partial charge in [0.05, 0.1) is 12.6 Å². The Morgan fingerprint density at radius 2 is 1.67 bits per heavy atom. The van der Waals surface area contributed by atoms with Crippen molar-refractivity contribution in [3.05, 3.63) is 70.8 Å². The zero-order valence-corrected chi connectivity index (χ0v) is 16.9. The Balaban J connectivity index is 1.41. The number of benzene rings is 2. The lowest BCUT2D eigenvalue weighted by molar-refractivity contribution is -0.0300. The van der Waals surface area contributed by atoms with Gasteiger partial charge in [-0.05, 0) is 74.1 Å². The molecule has 2 bridgehead atoms. The van der Waals surface area contributed by atoms with E-state index in [1.54, 1.807) is 4.90 Å². The Hall–Kier alpha value is -2.47. The zero-order valence-electron chi connectivity index (χ0n) is 16.9. The molecule has 4 nitrogen and oxygen atoms in total. The fourth-order valence-electron chi connectivity index (χ4n) is 5.27. The van der Waals surface area contributed by atoms with Crippen molar-refractivity contribution < 1.29 is 18.3 Å². The Labute approximate surface area is 175 Å². The highest BCUT2D eigenvalue weighted by Gasteiger charge is 2.41. The average molecular weight is 412 g/mol. The Morgan fingerprint density at radius 1 is 1.00 bits per heavy atom. The molecule has 0 aliphatic carbocycles. The van der Waals surface area contributed by atoms with Crippen LogP contribution in [0.3, 0.4) is 0 Å². The van der Waals surface area contributed by atoms with Gasteiger partial charge in [-0.25, -0.2) is 13.6 Å². The summed E-state index contributed by atoms with van der Waals surface area (Å²) >= 11 is 0. The Morgan fingerprint density at radius 3 is 2.37 bits per heavy atom. The largest absolute Gasteiger partial charge is 0.449 e. The van der Waals surface area contributed by atoms with Crippen LogP contribution in [0, 0.1) is 17.0 Å². The number of piperidine rings is 3. The van der Waals surface area contributed by atoms with Gasteiger partial charge in [0, 0.05) is 18.0 Å². The third-order valence-corrected chi connectivity index (χ3v) is 7.10. The maximum absolute atomic E-state index is 14.0. The van der Waals surface area contributed by atoms with Crippen molar-refractivity contribution >= 4 is 6.09 Å². The molecule has 0 radical (unpaired) electrons. The highest BCUT2D eigenvalue weighted by molar-refractivity contribution is 5.70. The molecule has 3 saturated heterocycles. The minimum atomic E-state index is -0.644. The van der Waals surface area contributed by atoms with Crippen LogP contribution in [0.25, 0.3) is 0 Å². The van der Waals surface area contributed by atoms with Crippen LogP contribution in [0.1, 0.15) is 42.0 Å². The van der Waals surface area contributed by atoms with Crippen molar-refractivity contribution in [2.45, 2.75) is 31.7 Å². The number of fused-ring (bicyclic) bond motifs is 4. The van der Waals surface area contributed by atoms with Gasteiger partial charge in [0.2, 0.25) is 0 Å². The molecule has 0 unspecified atom stereocenters. The lowest BCUT2D eigenvalue weighted by Crippen LogP contribution is -2.51. The van der Waals surface area contributed by atoms with Gasteiger partial charge < -0.3 is 9.64 Å². The van der Waals surface area contributed by atoms with E-state index < -0.39 is 23.8 Å². The van der Waals surface area contributed by atoms with E-state index in [1.165, 1.54) is 12.1 Å². The molecule has 0 aromatic heterocycles. The van der Waals surface area contributed by atoms with E-state index in [-0.39, 0.29) is 5.41 Å². The molecular weight excluding hydrogens is 386 g/mol. The molecule has 6 heteroatoms. The third kappa shape index (κ3) is 3.58. The van der Waals surface area contributed by atoms with Gasteiger partial charge in [-0.3, -0.25) is 4.90 Å². The van der Waals surface area contributed by atoms with Crippen LogP contribution in [-0.4, -0.2) is 48.7 Å². The van der Waals surface area contributed by atoms with E-state index in [0.717, 1.165) is 56.1 Å². The van der Waals surface area contributed by atoms with Crippen molar-refractivity contribution in [1.82, 2.24) is 9.80 Å². The third-order valence-electron chi connectivity index (χ3n) is 7.10. The summed E-state index contributed by atoms with van der Waals surface area (Å²) in [6, 6.07) is 10.7. The van der Waals surface area contributed by atoms with Crippen molar-refractivity contribution in [2.24, 2.45) is 5.41 Å². The van der Waals surface area contributed by atoms with Crippen LogP contribution < -0.4 is 0 Å². The number of nitrogens with zero attached hydrogens (tertiary/aromatic N) is 2. The number of carbonyl (C=O) groups excluding carboxylic acids is 1. The molecule has 2 aromatic carbocycles. The molecule has 30 heavy (non-hydrogen) atoms. The summed E-state index contributed by atoms with van der Waals surface area (Å²) in [7, 11) is 0. The van der Waals surface area contributed by atoms with Crippen molar-refractivity contribution in [2.75, 3.05) is 32.8 Å². The summed E-state index contributed by atoms with van der Waals surface area (Å²) in [5.74, 6) is -1.29. The van der Waals surface area contributed by atoms with Crippen LogP contribution in [0.4, 0.5) is 13.6 Å². The van der Waals surface area contributed by atoms with E-state index in [0.29, 0.717) is 25.1 Å². The second kappa shape index (κ2) is 7.65. The number of ether oxygens (including phenoxy) is 1. The van der Waals surface area contributed by atoms with Gasteiger partial charge in [-0.2, -0.15) is 0 Å². The fourth-order valence-corrected chi connectivity index (χ4v) is 5.27. The molecule has 158 valence electrons. The van der Waals surface area contributed by atoms with Crippen molar-refractivity contribution in [1.29, 1.82) is 0 Å². The maximum Gasteiger partial charge on any atom is 0.410 e. The molecule has 3 fully saturated rings. The van der Waals surface area contributed by atoms with Crippen LogP contribution in [0.15, 0.2) is 42.5 Å². The monoisotopic (exact) mass is 412 g/mol. The standard InChI is InChI=1S/C24H26F2N2O2/c25-19-13-18(14-20(26)15-19)22-21-4-2-1-3-17(21)5-9-28(22)23(29)30-16-24-6-10-27(11-7-24)12-8-24/h1-4,13-15,22H,5-12,16H2/t22-/m0/s1. The molecule has 6 rings (SSSR count). The quantitative estimate of drug-likeness (QED) is 0.742. The second-order valence-corrected chi connectivity index (χ2v) is 8.89. The number of hydrogen-bond donors (Lipinski definition) is 0.